The Hall–Kier alpha value is -1.33. The molecule has 0 bridgehead atoms. The second kappa shape index (κ2) is 7.09. The molecule has 0 aliphatic carbocycles. The minimum atomic E-state index is 0.148. The van der Waals surface area contributed by atoms with E-state index in [-0.39, 0.29) is 6.04 Å². The summed E-state index contributed by atoms with van der Waals surface area (Å²) in [5, 5.41) is 12.4. The van der Waals surface area contributed by atoms with Gasteiger partial charge >= 0.3 is 0 Å². The first-order valence-corrected chi connectivity index (χ1v) is 6.31. The molecule has 1 N–H and O–H groups in total. The number of nitriles is 1. The number of benzene rings is 1. The molecule has 2 unspecified atom stereocenters. The van der Waals surface area contributed by atoms with Crippen molar-refractivity contribution in [2.24, 2.45) is 5.92 Å². The maximum absolute atomic E-state index is 8.90. The predicted molar refractivity (Wildman–Crippen MR) is 71.5 cm³/mol. The van der Waals surface area contributed by atoms with E-state index in [1.54, 1.807) is 0 Å². The Labute approximate surface area is 105 Å². The third kappa shape index (κ3) is 5.01. The highest BCUT2D eigenvalue weighted by Crippen LogP contribution is 2.18. The maximum atomic E-state index is 8.90. The van der Waals surface area contributed by atoms with E-state index in [0.29, 0.717) is 18.4 Å². The molecule has 0 saturated heterocycles. The Morgan fingerprint density at radius 2 is 1.82 bits per heavy atom. The van der Waals surface area contributed by atoms with Crippen molar-refractivity contribution in [2.75, 3.05) is 0 Å². The minimum Gasteiger partial charge on any atom is -0.307 e. The first kappa shape index (κ1) is 13.7. The van der Waals surface area contributed by atoms with Gasteiger partial charge in [-0.05, 0) is 24.8 Å². The van der Waals surface area contributed by atoms with Gasteiger partial charge in [0, 0.05) is 12.1 Å². The van der Waals surface area contributed by atoms with Crippen molar-refractivity contribution in [1.82, 2.24) is 5.32 Å². The lowest BCUT2D eigenvalue weighted by Crippen LogP contribution is -2.31. The second-order valence-electron chi connectivity index (χ2n) is 5.02. The van der Waals surface area contributed by atoms with Gasteiger partial charge in [-0.3, -0.25) is 0 Å². The topological polar surface area (TPSA) is 35.8 Å². The Kier molecular flexibility index (Phi) is 5.72. The van der Waals surface area contributed by atoms with Crippen LogP contribution in [0.2, 0.25) is 0 Å². The van der Waals surface area contributed by atoms with E-state index in [0.717, 1.165) is 6.42 Å². The van der Waals surface area contributed by atoms with E-state index >= 15 is 0 Å². The third-order valence-corrected chi connectivity index (χ3v) is 2.81. The molecule has 0 aliphatic rings. The summed E-state index contributed by atoms with van der Waals surface area (Å²) in [6.45, 7) is 6.63. The fraction of sp³-hybridized carbons (Fsp3) is 0.533. The van der Waals surface area contributed by atoms with Gasteiger partial charge in [-0.1, -0.05) is 44.2 Å². The van der Waals surface area contributed by atoms with Gasteiger partial charge < -0.3 is 5.32 Å². The van der Waals surface area contributed by atoms with Crippen LogP contribution < -0.4 is 5.32 Å². The van der Waals surface area contributed by atoms with Crippen molar-refractivity contribution in [2.45, 2.75) is 45.7 Å². The summed E-state index contributed by atoms with van der Waals surface area (Å²) >= 11 is 0. The van der Waals surface area contributed by atoms with Gasteiger partial charge in [0.05, 0.1) is 12.5 Å². The van der Waals surface area contributed by atoms with Gasteiger partial charge in [0.2, 0.25) is 0 Å². The number of nitrogens with zero attached hydrogens (tertiary/aromatic N) is 1. The smallest absolute Gasteiger partial charge is 0.0641 e. The van der Waals surface area contributed by atoms with Crippen LogP contribution in [0.4, 0.5) is 0 Å². The summed E-state index contributed by atoms with van der Waals surface area (Å²) in [5.41, 5.74) is 1.20. The van der Waals surface area contributed by atoms with Crippen molar-refractivity contribution in [3.63, 3.8) is 0 Å². The molecule has 0 fully saturated rings. The Morgan fingerprint density at radius 1 is 1.18 bits per heavy atom. The largest absolute Gasteiger partial charge is 0.307 e. The van der Waals surface area contributed by atoms with E-state index in [4.69, 9.17) is 5.26 Å². The lowest BCUT2D eigenvalue weighted by atomic mass is 10.0. The summed E-state index contributed by atoms with van der Waals surface area (Å²) in [5.74, 6) is 0.677. The van der Waals surface area contributed by atoms with Crippen molar-refractivity contribution in [3.8, 4) is 6.07 Å². The lowest BCUT2D eigenvalue weighted by Gasteiger charge is -2.23. The van der Waals surface area contributed by atoms with E-state index in [1.807, 2.05) is 18.2 Å². The predicted octanol–water partition coefficient (Wildman–Crippen LogP) is 3.67. The SMILES string of the molecule is CC(C)CC(C)NC(CC#N)c1ccccc1. The zero-order valence-electron chi connectivity index (χ0n) is 11.0. The number of hydrogen-bond donors (Lipinski definition) is 1. The zero-order valence-corrected chi connectivity index (χ0v) is 11.0. The highest BCUT2D eigenvalue weighted by molar-refractivity contribution is 5.20. The average Bonchev–Trinajstić information content (AvgIpc) is 2.28. The van der Waals surface area contributed by atoms with Crippen LogP contribution in [-0.4, -0.2) is 6.04 Å². The number of nitrogens with one attached hydrogen (secondary N) is 1. The molecule has 0 radical (unpaired) electrons. The average molecular weight is 230 g/mol. The summed E-state index contributed by atoms with van der Waals surface area (Å²) in [6, 6.07) is 13.1. The van der Waals surface area contributed by atoms with Crippen LogP contribution >= 0.6 is 0 Å². The Bertz CT molecular complexity index is 351. The van der Waals surface area contributed by atoms with Gasteiger partial charge in [-0.2, -0.15) is 5.26 Å². The normalized spacial score (nSPS) is 14.3. The molecule has 2 nitrogen and oxygen atoms in total. The summed E-state index contributed by atoms with van der Waals surface area (Å²) in [6.07, 6.45) is 1.65. The van der Waals surface area contributed by atoms with Gasteiger partial charge in [0.25, 0.3) is 0 Å². The quantitative estimate of drug-likeness (QED) is 0.809. The monoisotopic (exact) mass is 230 g/mol. The van der Waals surface area contributed by atoms with Crippen LogP contribution in [0.15, 0.2) is 30.3 Å². The number of rotatable bonds is 6. The van der Waals surface area contributed by atoms with E-state index < -0.39 is 0 Å². The van der Waals surface area contributed by atoms with Crippen LogP contribution in [0.1, 0.15) is 45.2 Å². The molecule has 1 aromatic carbocycles. The lowest BCUT2D eigenvalue weighted by molar-refractivity contribution is 0.396. The third-order valence-electron chi connectivity index (χ3n) is 2.81. The van der Waals surface area contributed by atoms with Gasteiger partial charge in [-0.25, -0.2) is 0 Å². The molecule has 0 aromatic heterocycles. The Morgan fingerprint density at radius 3 is 2.35 bits per heavy atom. The van der Waals surface area contributed by atoms with E-state index in [2.05, 4.69) is 44.3 Å². The zero-order chi connectivity index (χ0) is 12.7. The van der Waals surface area contributed by atoms with Crippen LogP contribution in [0.25, 0.3) is 0 Å². The molecule has 1 rings (SSSR count). The first-order chi connectivity index (χ1) is 8.13. The van der Waals surface area contributed by atoms with E-state index in [9.17, 15) is 0 Å². The summed E-state index contributed by atoms with van der Waals surface area (Å²) in [4.78, 5) is 0. The summed E-state index contributed by atoms with van der Waals surface area (Å²) < 4.78 is 0. The molecule has 0 saturated carbocycles. The minimum absolute atomic E-state index is 0.148. The maximum Gasteiger partial charge on any atom is 0.0641 e. The molecule has 0 heterocycles. The highest BCUT2D eigenvalue weighted by Gasteiger charge is 2.14. The molecular weight excluding hydrogens is 208 g/mol. The standard InChI is InChI=1S/C15H22N2/c1-12(2)11-13(3)17-15(9-10-16)14-7-5-4-6-8-14/h4-8,12-13,15,17H,9,11H2,1-3H3. The Balaban J connectivity index is 2.64. The molecule has 92 valence electrons. The molecule has 0 spiro atoms. The molecule has 0 aliphatic heterocycles. The van der Waals surface area contributed by atoms with Crippen molar-refractivity contribution in [3.05, 3.63) is 35.9 Å². The molecule has 0 amide bonds. The second-order valence-corrected chi connectivity index (χ2v) is 5.02. The van der Waals surface area contributed by atoms with Gasteiger partial charge in [0.1, 0.15) is 0 Å². The first-order valence-electron chi connectivity index (χ1n) is 6.31. The molecular formula is C15H22N2. The van der Waals surface area contributed by atoms with Crippen LogP contribution in [0.5, 0.6) is 0 Å². The molecule has 17 heavy (non-hydrogen) atoms. The fourth-order valence-corrected chi connectivity index (χ4v) is 2.17. The number of hydrogen-bond acceptors (Lipinski definition) is 2. The van der Waals surface area contributed by atoms with Gasteiger partial charge in [0.15, 0.2) is 0 Å². The van der Waals surface area contributed by atoms with Crippen molar-refractivity contribution < 1.29 is 0 Å². The molecule has 2 atom stereocenters. The highest BCUT2D eigenvalue weighted by atomic mass is 14.9. The van der Waals surface area contributed by atoms with Crippen LogP contribution in [0.3, 0.4) is 0 Å². The van der Waals surface area contributed by atoms with Crippen LogP contribution in [-0.2, 0) is 0 Å². The molecule has 2 heteroatoms. The summed E-state index contributed by atoms with van der Waals surface area (Å²) in [7, 11) is 0. The van der Waals surface area contributed by atoms with E-state index in [1.165, 1.54) is 5.56 Å². The molecule has 1 aromatic rings. The van der Waals surface area contributed by atoms with Crippen molar-refractivity contribution in [1.29, 1.82) is 5.26 Å². The fourth-order valence-electron chi connectivity index (χ4n) is 2.17. The van der Waals surface area contributed by atoms with Gasteiger partial charge in [-0.15, -0.1) is 0 Å². The van der Waals surface area contributed by atoms with Crippen molar-refractivity contribution >= 4 is 0 Å². The van der Waals surface area contributed by atoms with Crippen LogP contribution in [0, 0.1) is 17.2 Å².